The predicted molar refractivity (Wildman–Crippen MR) is 73.0 cm³/mol. The van der Waals surface area contributed by atoms with Gasteiger partial charge in [0.05, 0.1) is 5.60 Å². The van der Waals surface area contributed by atoms with Crippen molar-refractivity contribution < 1.29 is 5.11 Å². The van der Waals surface area contributed by atoms with Gasteiger partial charge in [-0.05, 0) is 51.1 Å². The lowest BCUT2D eigenvalue weighted by Gasteiger charge is -2.30. The highest BCUT2D eigenvalue weighted by Gasteiger charge is 2.28. The van der Waals surface area contributed by atoms with Crippen LogP contribution in [0.15, 0.2) is 0 Å². The predicted octanol–water partition coefficient (Wildman–Crippen LogP) is 1.99. The summed E-state index contributed by atoms with van der Waals surface area (Å²) in [7, 11) is 0. The number of likely N-dealkylation sites (tertiary alicyclic amines) is 1. The van der Waals surface area contributed by atoms with Crippen molar-refractivity contribution in [3.05, 3.63) is 0 Å². The van der Waals surface area contributed by atoms with Crippen LogP contribution in [0.5, 0.6) is 0 Å². The van der Waals surface area contributed by atoms with Crippen LogP contribution < -0.4 is 5.73 Å². The minimum atomic E-state index is -0.632. The third kappa shape index (κ3) is 4.23. The van der Waals surface area contributed by atoms with Gasteiger partial charge in [0.25, 0.3) is 0 Å². The number of aliphatic hydroxyl groups is 1. The van der Waals surface area contributed by atoms with E-state index in [1.807, 2.05) is 6.92 Å². The molecule has 3 nitrogen and oxygen atoms in total. The average molecular weight is 242 g/mol. The highest BCUT2D eigenvalue weighted by Crippen LogP contribution is 2.25. The average Bonchev–Trinajstić information content (AvgIpc) is 2.77. The van der Waals surface area contributed by atoms with Crippen molar-refractivity contribution >= 4 is 0 Å². The monoisotopic (exact) mass is 242 g/mol. The molecule has 0 aromatic carbocycles. The van der Waals surface area contributed by atoms with Gasteiger partial charge in [-0.2, -0.15) is 0 Å². The minimum Gasteiger partial charge on any atom is -0.389 e. The summed E-state index contributed by atoms with van der Waals surface area (Å²) in [6.45, 7) is 9.37. The van der Waals surface area contributed by atoms with E-state index in [-0.39, 0.29) is 0 Å². The van der Waals surface area contributed by atoms with E-state index >= 15 is 0 Å². The summed E-state index contributed by atoms with van der Waals surface area (Å²) in [5, 5.41) is 10.1. The van der Waals surface area contributed by atoms with Crippen LogP contribution in [0.3, 0.4) is 0 Å². The second-order valence-electron chi connectivity index (χ2n) is 5.88. The van der Waals surface area contributed by atoms with Crippen molar-refractivity contribution in [2.24, 2.45) is 11.7 Å². The molecule has 0 bridgehead atoms. The lowest BCUT2D eigenvalue weighted by molar-refractivity contribution is 0.0306. The van der Waals surface area contributed by atoms with Crippen LogP contribution in [-0.4, -0.2) is 41.3 Å². The number of hydrogen-bond acceptors (Lipinski definition) is 3. The van der Waals surface area contributed by atoms with E-state index in [1.54, 1.807) is 0 Å². The van der Waals surface area contributed by atoms with Crippen molar-refractivity contribution in [1.29, 1.82) is 0 Å². The fraction of sp³-hybridized carbons (Fsp3) is 1.00. The second kappa shape index (κ2) is 6.72. The van der Waals surface area contributed by atoms with Crippen molar-refractivity contribution in [1.82, 2.24) is 4.90 Å². The molecule has 17 heavy (non-hydrogen) atoms. The minimum absolute atomic E-state index is 0.386. The van der Waals surface area contributed by atoms with Gasteiger partial charge in [0.15, 0.2) is 0 Å². The van der Waals surface area contributed by atoms with Gasteiger partial charge in [0, 0.05) is 12.6 Å². The first kappa shape index (κ1) is 14.9. The highest BCUT2D eigenvalue weighted by molar-refractivity contribution is 4.83. The maximum Gasteiger partial charge on any atom is 0.0767 e. The fourth-order valence-corrected chi connectivity index (χ4v) is 2.92. The number of nitrogens with zero attached hydrogens (tertiary/aromatic N) is 1. The molecule has 102 valence electrons. The Morgan fingerprint density at radius 1 is 1.47 bits per heavy atom. The second-order valence-corrected chi connectivity index (χ2v) is 5.88. The van der Waals surface area contributed by atoms with Crippen LogP contribution in [0.1, 0.15) is 52.9 Å². The zero-order valence-electron chi connectivity index (χ0n) is 11.8. The molecule has 3 heteroatoms. The van der Waals surface area contributed by atoms with Gasteiger partial charge in [0.1, 0.15) is 0 Å². The first-order valence-corrected chi connectivity index (χ1v) is 7.19. The van der Waals surface area contributed by atoms with E-state index in [0.29, 0.717) is 6.54 Å². The molecule has 0 amide bonds. The molecule has 0 spiro atoms. The highest BCUT2D eigenvalue weighted by atomic mass is 16.3. The number of hydrogen-bond donors (Lipinski definition) is 2. The van der Waals surface area contributed by atoms with Gasteiger partial charge in [-0.15, -0.1) is 0 Å². The van der Waals surface area contributed by atoms with E-state index in [0.717, 1.165) is 37.8 Å². The SMILES string of the molecule is CCC(O)(CN)CCCN1CCCC1C(C)C. The Kier molecular flexibility index (Phi) is 5.90. The van der Waals surface area contributed by atoms with Crippen LogP contribution in [0.2, 0.25) is 0 Å². The molecule has 1 aliphatic heterocycles. The van der Waals surface area contributed by atoms with E-state index < -0.39 is 5.60 Å². The van der Waals surface area contributed by atoms with Crippen molar-refractivity contribution in [3.8, 4) is 0 Å². The van der Waals surface area contributed by atoms with Crippen LogP contribution in [0.25, 0.3) is 0 Å². The fourth-order valence-electron chi connectivity index (χ4n) is 2.92. The Balaban J connectivity index is 2.31. The quantitative estimate of drug-likeness (QED) is 0.718. The zero-order chi connectivity index (χ0) is 12.9. The molecule has 2 unspecified atom stereocenters. The largest absolute Gasteiger partial charge is 0.389 e. The summed E-state index contributed by atoms with van der Waals surface area (Å²) in [4.78, 5) is 2.59. The first-order chi connectivity index (χ1) is 8.02. The molecule has 1 saturated heterocycles. The van der Waals surface area contributed by atoms with E-state index in [4.69, 9.17) is 5.73 Å². The molecule has 1 rings (SSSR count). The third-order valence-corrected chi connectivity index (χ3v) is 4.31. The number of rotatable bonds is 7. The molecule has 2 atom stereocenters. The van der Waals surface area contributed by atoms with E-state index in [1.165, 1.54) is 19.4 Å². The Morgan fingerprint density at radius 3 is 2.71 bits per heavy atom. The number of nitrogens with two attached hydrogens (primary N) is 1. The first-order valence-electron chi connectivity index (χ1n) is 7.19. The van der Waals surface area contributed by atoms with Gasteiger partial charge in [-0.25, -0.2) is 0 Å². The van der Waals surface area contributed by atoms with Gasteiger partial charge >= 0.3 is 0 Å². The maximum absolute atomic E-state index is 10.1. The lowest BCUT2D eigenvalue weighted by Crippen LogP contribution is -2.39. The van der Waals surface area contributed by atoms with Crippen LogP contribution >= 0.6 is 0 Å². The van der Waals surface area contributed by atoms with Crippen LogP contribution in [0.4, 0.5) is 0 Å². The topological polar surface area (TPSA) is 49.5 Å². The third-order valence-electron chi connectivity index (χ3n) is 4.31. The van der Waals surface area contributed by atoms with E-state index in [9.17, 15) is 5.11 Å². The zero-order valence-corrected chi connectivity index (χ0v) is 11.8. The normalized spacial score (nSPS) is 25.4. The van der Waals surface area contributed by atoms with Crippen LogP contribution in [0, 0.1) is 5.92 Å². The van der Waals surface area contributed by atoms with Crippen LogP contribution in [-0.2, 0) is 0 Å². The molecule has 3 N–H and O–H groups in total. The molecule has 0 radical (unpaired) electrons. The molecule has 1 heterocycles. The molecular weight excluding hydrogens is 212 g/mol. The van der Waals surface area contributed by atoms with Crippen molar-refractivity contribution in [2.75, 3.05) is 19.6 Å². The van der Waals surface area contributed by atoms with Crippen molar-refractivity contribution in [2.45, 2.75) is 64.5 Å². The standard InChI is InChI=1S/C14H30N2O/c1-4-14(17,11-15)8-6-10-16-9-5-7-13(16)12(2)3/h12-13,17H,4-11,15H2,1-3H3. The summed E-state index contributed by atoms with van der Waals surface area (Å²) in [6.07, 6.45) is 5.33. The van der Waals surface area contributed by atoms with E-state index in [2.05, 4.69) is 18.7 Å². The molecule has 0 aromatic heterocycles. The smallest absolute Gasteiger partial charge is 0.0767 e. The summed E-state index contributed by atoms with van der Waals surface area (Å²) in [5.41, 5.74) is 4.99. The molecule has 0 aliphatic carbocycles. The summed E-state index contributed by atoms with van der Waals surface area (Å²) in [5.74, 6) is 0.747. The molecule has 1 aliphatic rings. The summed E-state index contributed by atoms with van der Waals surface area (Å²) in [6, 6.07) is 0.752. The van der Waals surface area contributed by atoms with Gasteiger partial charge in [-0.3, -0.25) is 0 Å². The Labute approximate surface area is 106 Å². The summed E-state index contributed by atoms with van der Waals surface area (Å²) >= 11 is 0. The van der Waals surface area contributed by atoms with Gasteiger partial charge < -0.3 is 15.7 Å². The molecule has 0 saturated carbocycles. The summed E-state index contributed by atoms with van der Waals surface area (Å²) < 4.78 is 0. The Hall–Kier alpha value is -0.120. The maximum atomic E-state index is 10.1. The lowest BCUT2D eigenvalue weighted by atomic mass is 9.94. The van der Waals surface area contributed by atoms with Gasteiger partial charge in [-0.1, -0.05) is 20.8 Å². The molecule has 1 fully saturated rings. The molecule has 0 aromatic rings. The van der Waals surface area contributed by atoms with Gasteiger partial charge in [0.2, 0.25) is 0 Å². The van der Waals surface area contributed by atoms with Crippen molar-refractivity contribution in [3.63, 3.8) is 0 Å². The Bertz CT molecular complexity index is 214. The molecular formula is C14H30N2O. The Morgan fingerprint density at radius 2 is 2.18 bits per heavy atom.